The van der Waals surface area contributed by atoms with Crippen molar-refractivity contribution < 1.29 is 19.4 Å². The minimum Gasteiger partial charge on any atom is -0.477 e. The molecule has 1 heterocycles. The first-order valence-electron chi connectivity index (χ1n) is 6.07. The molecule has 0 aliphatic carbocycles. The fourth-order valence-corrected chi connectivity index (χ4v) is 1.51. The van der Waals surface area contributed by atoms with Crippen LogP contribution in [0.5, 0.6) is 0 Å². The van der Waals surface area contributed by atoms with E-state index in [2.05, 4.69) is 15.3 Å². The number of amides is 1. The van der Waals surface area contributed by atoms with Crippen molar-refractivity contribution in [3.63, 3.8) is 0 Å². The molecule has 0 unspecified atom stereocenters. The SMILES string of the molecule is O=C(N/C(=C/c1ncc[nH]1)C(=O)O)OCc1ccccc1. The van der Waals surface area contributed by atoms with Gasteiger partial charge in [0, 0.05) is 18.5 Å². The quantitative estimate of drug-likeness (QED) is 0.727. The number of nitrogens with zero attached hydrogens (tertiary/aromatic N) is 1. The monoisotopic (exact) mass is 287 g/mol. The number of imidazole rings is 1. The Hall–Kier alpha value is -3.09. The molecule has 0 atom stereocenters. The van der Waals surface area contributed by atoms with Crippen molar-refractivity contribution in [2.75, 3.05) is 0 Å². The van der Waals surface area contributed by atoms with Crippen LogP contribution in [0.4, 0.5) is 4.79 Å². The van der Waals surface area contributed by atoms with Gasteiger partial charge in [-0.1, -0.05) is 30.3 Å². The summed E-state index contributed by atoms with van der Waals surface area (Å²) in [5.41, 5.74) is 0.475. The van der Waals surface area contributed by atoms with Gasteiger partial charge in [-0.2, -0.15) is 0 Å². The third-order valence-corrected chi connectivity index (χ3v) is 2.48. The molecular formula is C14H13N3O4. The van der Waals surface area contributed by atoms with Gasteiger partial charge in [-0.15, -0.1) is 0 Å². The highest BCUT2D eigenvalue weighted by molar-refractivity contribution is 5.95. The van der Waals surface area contributed by atoms with E-state index in [1.54, 1.807) is 18.3 Å². The maximum Gasteiger partial charge on any atom is 0.412 e. The normalized spacial score (nSPS) is 11.0. The summed E-state index contributed by atoms with van der Waals surface area (Å²) in [6.07, 6.45) is 3.36. The number of carboxylic acids is 1. The lowest BCUT2D eigenvalue weighted by Crippen LogP contribution is -2.27. The Labute approximate surface area is 120 Å². The predicted octanol–water partition coefficient (Wildman–Crippen LogP) is 1.76. The standard InChI is InChI=1S/C14H13N3O4/c18-13(19)11(8-12-15-6-7-16-12)17-14(20)21-9-10-4-2-1-3-5-10/h1-8H,9H2,(H,15,16)(H,17,20)(H,18,19)/b11-8+. The number of benzene rings is 1. The number of carbonyl (C=O) groups is 2. The molecule has 1 aromatic heterocycles. The summed E-state index contributed by atoms with van der Waals surface area (Å²) < 4.78 is 4.94. The molecular weight excluding hydrogens is 274 g/mol. The molecule has 0 saturated heterocycles. The van der Waals surface area contributed by atoms with Crippen molar-refractivity contribution in [1.29, 1.82) is 0 Å². The number of aromatic nitrogens is 2. The van der Waals surface area contributed by atoms with E-state index in [1.165, 1.54) is 12.3 Å². The lowest BCUT2D eigenvalue weighted by molar-refractivity contribution is -0.132. The first-order chi connectivity index (χ1) is 10.1. The minimum atomic E-state index is -1.29. The number of H-pyrrole nitrogens is 1. The summed E-state index contributed by atoms with van der Waals surface area (Å²) in [4.78, 5) is 29.2. The van der Waals surface area contributed by atoms with Crippen molar-refractivity contribution in [3.05, 3.63) is 59.8 Å². The van der Waals surface area contributed by atoms with Gasteiger partial charge >= 0.3 is 12.1 Å². The van der Waals surface area contributed by atoms with Gasteiger partial charge in [0.1, 0.15) is 18.1 Å². The Kier molecular flexibility index (Phi) is 4.70. The number of alkyl carbamates (subject to hydrolysis) is 1. The highest BCUT2D eigenvalue weighted by Gasteiger charge is 2.13. The molecule has 0 bridgehead atoms. The van der Waals surface area contributed by atoms with Gasteiger partial charge in [0.2, 0.25) is 0 Å². The molecule has 7 nitrogen and oxygen atoms in total. The number of carboxylic acid groups (broad SMARTS) is 1. The zero-order valence-electron chi connectivity index (χ0n) is 10.9. The van der Waals surface area contributed by atoms with Crippen molar-refractivity contribution in [1.82, 2.24) is 15.3 Å². The summed E-state index contributed by atoms with van der Waals surface area (Å²) in [6.45, 7) is 0.0559. The number of hydrogen-bond acceptors (Lipinski definition) is 4. The second-order valence-electron chi connectivity index (χ2n) is 4.02. The Bertz CT molecular complexity index is 636. The van der Waals surface area contributed by atoms with Crippen LogP contribution in [0.25, 0.3) is 6.08 Å². The van der Waals surface area contributed by atoms with E-state index in [9.17, 15) is 9.59 Å². The molecule has 0 fully saturated rings. The van der Waals surface area contributed by atoms with Crippen LogP contribution in [0.3, 0.4) is 0 Å². The number of rotatable bonds is 5. The van der Waals surface area contributed by atoms with Crippen LogP contribution in [-0.4, -0.2) is 27.1 Å². The topological polar surface area (TPSA) is 104 Å². The third-order valence-electron chi connectivity index (χ3n) is 2.48. The first-order valence-corrected chi connectivity index (χ1v) is 6.07. The molecule has 0 aliphatic rings. The summed E-state index contributed by atoms with van der Waals surface area (Å²) in [7, 11) is 0. The van der Waals surface area contributed by atoms with Gasteiger partial charge < -0.3 is 14.8 Å². The van der Waals surface area contributed by atoms with Gasteiger partial charge in [-0.3, -0.25) is 5.32 Å². The van der Waals surface area contributed by atoms with Crippen molar-refractivity contribution in [3.8, 4) is 0 Å². The van der Waals surface area contributed by atoms with E-state index in [-0.39, 0.29) is 12.3 Å². The van der Waals surface area contributed by atoms with E-state index in [0.717, 1.165) is 5.56 Å². The Balaban J connectivity index is 1.94. The van der Waals surface area contributed by atoms with Crippen LogP contribution in [0, 0.1) is 0 Å². The molecule has 3 N–H and O–H groups in total. The summed E-state index contributed by atoms with van der Waals surface area (Å²) >= 11 is 0. The number of nitrogens with one attached hydrogen (secondary N) is 2. The first kappa shape index (κ1) is 14.3. The summed E-state index contributed by atoms with van der Waals surface area (Å²) in [6, 6.07) is 9.07. The Morgan fingerprint density at radius 2 is 2.10 bits per heavy atom. The maximum atomic E-state index is 11.6. The average molecular weight is 287 g/mol. The zero-order valence-corrected chi connectivity index (χ0v) is 10.9. The van der Waals surface area contributed by atoms with Gasteiger partial charge in [0.25, 0.3) is 0 Å². The van der Waals surface area contributed by atoms with Crippen LogP contribution in [0.15, 0.2) is 48.4 Å². The molecule has 0 spiro atoms. The molecule has 108 valence electrons. The molecule has 0 radical (unpaired) electrons. The fourth-order valence-electron chi connectivity index (χ4n) is 1.51. The molecule has 21 heavy (non-hydrogen) atoms. The Morgan fingerprint density at radius 1 is 1.33 bits per heavy atom. The lowest BCUT2D eigenvalue weighted by Gasteiger charge is -2.07. The molecule has 0 saturated carbocycles. The van der Waals surface area contributed by atoms with E-state index < -0.39 is 12.1 Å². The van der Waals surface area contributed by atoms with E-state index in [4.69, 9.17) is 9.84 Å². The molecule has 1 aromatic carbocycles. The van der Waals surface area contributed by atoms with Crippen molar-refractivity contribution in [2.24, 2.45) is 0 Å². The Morgan fingerprint density at radius 3 is 2.71 bits per heavy atom. The minimum absolute atomic E-state index is 0.0559. The van der Waals surface area contributed by atoms with Gasteiger partial charge in [-0.05, 0) is 5.56 Å². The summed E-state index contributed by atoms with van der Waals surface area (Å²) in [5, 5.41) is 11.2. The van der Waals surface area contributed by atoms with Crippen LogP contribution in [-0.2, 0) is 16.1 Å². The molecule has 2 aromatic rings. The van der Waals surface area contributed by atoms with Crippen molar-refractivity contribution in [2.45, 2.75) is 6.61 Å². The zero-order chi connectivity index (χ0) is 15.1. The summed E-state index contributed by atoms with van der Waals surface area (Å²) in [5.74, 6) is -0.973. The third kappa shape index (κ3) is 4.50. The van der Waals surface area contributed by atoms with Gasteiger partial charge in [0.15, 0.2) is 0 Å². The van der Waals surface area contributed by atoms with Crippen LogP contribution < -0.4 is 5.32 Å². The highest BCUT2D eigenvalue weighted by Crippen LogP contribution is 2.03. The second-order valence-corrected chi connectivity index (χ2v) is 4.02. The average Bonchev–Trinajstić information content (AvgIpc) is 2.98. The largest absolute Gasteiger partial charge is 0.477 e. The van der Waals surface area contributed by atoms with E-state index in [0.29, 0.717) is 5.82 Å². The lowest BCUT2D eigenvalue weighted by atomic mass is 10.2. The number of aromatic amines is 1. The van der Waals surface area contributed by atoms with E-state index >= 15 is 0 Å². The van der Waals surface area contributed by atoms with Gasteiger partial charge in [-0.25, -0.2) is 14.6 Å². The number of ether oxygens (including phenoxy) is 1. The highest BCUT2D eigenvalue weighted by atomic mass is 16.5. The number of carbonyl (C=O) groups excluding carboxylic acids is 1. The fraction of sp³-hybridized carbons (Fsp3) is 0.0714. The molecule has 2 rings (SSSR count). The van der Waals surface area contributed by atoms with E-state index in [1.807, 2.05) is 18.2 Å². The predicted molar refractivity (Wildman–Crippen MR) is 74.0 cm³/mol. The molecule has 7 heteroatoms. The van der Waals surface area contributed by atoms with Crippen LogP contribution >= 0.6 is 0 Å². The molecule has 0 aliphatic heterocycles. The van der Waals surface area contributed by atoms with Crippen molar-refractivity contribution >= 4 is 18.1 Å². The van der Waals surface area contributed by atoms with Crippen LogP contribution in [0.1, 0.15) is 11.4 Å². The number of hydrogen-bond donors (Lipinski definition) is 3. The molecule has 1 amide bonds. The number of aliphatic carboxylic acids is 1. The smallest absolute Gasteiger partial charge is 0.412 e. The van der Waals surface area contributed by atoms with Gasteiger partial charge in [0.05, 0.1) is 0 Å². The maximum absolute atomic E-state index is 11.6. The van der Waals surface area contributed by atoms with Crippen LogP contribution in [0.2, 0.25) is 0 Å². The second kappa shape index (κ2) is 6.90.